The summed E-state index contributed by atoms with van der Waals surface area (Å²) in [5.41, 5.74) is 12.3. The molecule has 0 saturated heterocycles. The van der Waals surface area contributed by atoms with Crippen LogP contribution in [0.4, 0.5) is 5.69 Å². The largest absolute Gasteiger partial charge is 0.308 e. The third kappa shape index (κ3) is 9.08. The molecule has 0 spiro atoms. The van der Waals surface area contributed by atoms with Gasteiger partial charge >= 0.3 is 0 Å². The van der Waals surface area contributed by atoms with Gasteiger partial charge in [0, 0.05) is 60.5 Å². The zero-order valence-electron chi connectivity index (χ0n) is 47.0. The maximum atomic E-state index is 9.09. The average Bonchev–Trinajstić information content (AvgIpc) is 1.94. The standard InChI is InChI=1S/C67H49N17/c1-35-69-36(2)74-63(73-35)45-20-24-57-49(28-45)50-29-46(64-75-37(3)70-38(4)76-64)21-25-58(50)83(57)61-32-53(67-81-54(43-16-12-10-13-17-43)33-55(82-67)44-18-14-11-15-19-44)56(68-9)34-62(61)84-59-26-22-47(65-77-39(5)71-40(6)78-65)30-51(59)52-31-48(23-27-60(52)84)66-79-41(7)72-42(8)80-66/h10-34H,1-8H3. The summed E-state index contributed by atoms with van der Waals surface area (Å²) in [4.78, 5) is 71.5. The van der Waals surface area contributed by atoms with Gasteiger partial charge in [0.2, 0.25) is 0 Å². The van der Waals surface area contributed by atoms with E-state index in [1.165, 1.54) is 0 Å². The van der Waals surface area contributed by atoms with Crippen molar-refractivity contribution in [1.29, 1.82) is 0 Å². The number of nitrogens with zero attached hydrogens (tertiary/aromatic N) is 17. The number of fused-ring (bicyclic) bond motifs is 6. The highest BCUT2D eigenvalue weighted by Crippen LogP contribution is 2.45. The molecular weight excluding hydrogens is 1040 g/mol. The Morgan fingerprint density at radius 3 is 0.881 bits per heavy atom. The molecule has 17 heteroatoms. The SMILES string of the molecule is [C-]#[N+]c1cc(-n2c3ccc(-c4nc(C)nc(C)n4)cc3c3cc(-c4nc(C)nc(C)n4)ccc32)c(-n2c3ccc(-c4nc(C)nc(C)n4)cc3c3cc(-c4nc(C)nc(C)n4)ccc32)cc1-c1nc(-c2ccccc2)cc(-c2ccccc2)n1. The van der Waals surface area contributed by atoms with Crippen LogP contribution in [0.3, 0.4) is 0 Å². The molecule has 402 valence electrons. The van der Waals surface area contributed by atoms with Crippen LogP contribution in [0.2, 0.25) is 0 Å². The monoisotopic (exact) mass is 1090 g/mol. The minimum absolute atomic E-state index is 0.347. The Bertz CT molecular complexity index is 4730. The highest BCUT2D eigenvalue weighted by atomic mass is 15.1. The summed E-state index contributed by atoms with van der Waals surface area (Å²) in [7, 11) is 0. The second kappa shape index (κ2) is 20.1. The van der Waals surface area contributed by atoms with E-state index in [2.05, 4.69) is 101 Å². The van der Waals surface area contributed by atoms with Crippen LogP contribution in [0.15, 0.2) is 152 Å². The molecule has 0 bridgehead atoms. The predicted octanol–water partition coefficient (Wildman–Crippen LogP) is 14.1. The van der Waals surface area contributed by atoms with E-state index in [1.807, 2.05) is 140 Å². The van der Waals surface area contributed by atoms with Crippen molar-refractivity contribution < 1.29 is 0 Å². The summed E-state index contributed by atoms with van der Waals surface area (Å²) in [6, 6.07) is 51.4. The zero-order chi connectivity index (χ0) is 57.5. The molecule has 7 aromatic heterocycles. The quantitative estimate of drug-likeness (QED) is 0.124. The highest BCUT2D eigenvalue weighted by Gasteiger charge is 2.26. The molecule has 0 radical (unpaired) electrons. The fourth-order valence-corrected chi connectivity index (χ4v) is 11.4. The van der Waals surface area contributed by atoms with E-state index in [1.54, 1.807) is 0 Å². The Morgan fingerprint density at radius 1 is 0.286 bits per heavy atom. The van der Waals surface area contributed by atoms with Gasteiger partial charge in [-0.3, -0.25) is 0 Å². The van der Waals surface area contributed by atoms with Gasteiger partial charge in [0.25, 0.3) is 0 Å². The van der Waals surface area contributed by atoms with E-state index in [9.17, 15) is 0 Å². The summed E-state index contributed by atoms with van der Waals surface area (Å²) in [6.45, 7) is 24.1. The van der Waals surface area contributed by atoms with E-state index in [4.69, 9.17) is 56.4 Å². The predicted molar refractivity (Wildman–Crippen MR) is 326 cm³/mol. The highest BCUT2D eigenvalue weighted by molar-refractivity contribution is 6.14. The minimum Gasteiger partial charge on any atom is -0.308 e. The molecule has 0 N–H and O–H groups in total. The van der Waals surface area contributed by atoms with Gasteiger partial charge in [-0.2, -0.15) is 0 Å². The maximum absolute atomic E-state index is 9.09. The summed E-state index contributed by atoms with van der Waals surface area (Å²) in [5.74, 6) is 7.60. The molecule has 0 fully saturated rings. The van der Waals surface area contributed by atoms with Crippen molar-refractivity contribution in [1.82, 2.24) is 78.9 Å². The van der Waals surface area contributed by atoms with Crippen LogP contribution in [0, 0.1) is 62.0 Å². The Hall–Kier alpha value is -11.3. The average molecular weight is 1090 g/mol. The smallest absolute Gasteiger partial charge is 0.200 e. The maximum Gasteiger partial charge on any atom is 0.200 e. The first-order valence-corrected chi connectivity index (χ1v) is 27.3. The fourth-order valence-electron chi connectivity index (χ4n) is 11.4. The number of hydrogen-bond donors (Lipinski definition) is 0. The second-order valence-corrected chi connectivity index (χ2v) is 20.8. The van der Waals surface area contributed by atoms with Crippen LogP contribution in [0.25, 0.3) is 139 Å². The Balaban J connectivity index is 1.12. The number of benzene rings is 7. The normalized spacial score (nSPS) is 11.6. The van der Waals surface area contributed by atoms with Gasteiger partial charge in [-0.25, -0.2) is 74.6 Å². The van der Waals surface area contributed by atoms with E-state index >= 15 is 0 Å². The van der Waals surface area contributed by atoms with Crippen molar-refractivity contribution in [3.63, 3.8) is 0 Å². The summed E-state index contributed by atoms with van der Waals surface area (Å²) < 4.78 is 4.51. The van der Waals surface area contributed by atoms with Crippen molar-refractivity contribution in [3.8, 4) is 90.8 Å². The third-order valence-corrected chi connectivity index (χ3v) is 14.8. The van der Waals surface area contributed by atoms with Gasteiger partial charge in [0.1, 0.15) is 52.4 Å². The topological polar surface area (TPSA) is 195 Å². The Morgan fingerprint density at radius 2 is 0.583 bits per heavy atom. The van der Waals surface area contributed by atoms with Crippen molar-refractivity contribution in [2.45, 2.75) is 55.4 Å². The molecule has 84 heavy (non-hydrogen) atoms. The first kappa shape index (κ1) is 50.9. The zero-order valence-corrected chi connectivity index (χ0v) is 47.0. The molecule has 7 aromatic carbocycles. The summed E-state index contributed by atoms with van der Waals surface area (Å²) in [6.07, 6.45) is 0. The molecular formula is C67H49N17. The van der Waals surface area contributed by atoms with Gasteiger partial charge in [0.15, 0.2) is 29.0 Å². The lowest BCUT2D eigenvalue weighted by atomic mass is 10.0. The molecule has 0 amide bonds. The molecule has 0 unspecified atom stereocenters. The lowest BCUT2D eigenvalue weighted by Gasteiger charge is -2.20. The van der Waals surface area contributed by atoms with Crippen LogP contribution >= 0.6 is 0 Å². The van der Waals surface area contributed by atoms with Crippen LogP contribution in [0.5, 0.6) is 0 Å². The number of aromatic nitrogens is 16. The molecule has 0 saturated carbocycles. The third-order valence-electron chi connectivity index (χ3n) is 14.8. The van der Waals surface area contributed by atoms with Crippen molar-refractivity contribution in [2.24, 2.45) is 0 Å². The molecule has 0 aliphatic heterocycles. The van der Waals surface area contributed by atoms with Gasteiger partial charge < -0.3 is 9.13 Å². The molecule has 7 heterocycles. The van der Waals surface area contributed by atoms with Gasteiger partial charge in [0.05, 0.1) is 51.4 Å². The molecule has 0 aliphatic carbocycles. The second-order valence-electron chi connectivity index (χ2n) is 20.8. The van der Waals surface area contributed by atoms with Crippen molar-refractivity contribution in [3.05, 3.63) is 210 Å². The Kier molecular flexibility index (Phi) is 12.2. The molecule has 14 rings (SSSR count). The summed E-state index contributed by atoms with van der Waals surface area (Å²) >= 11 is 0. The van der Waals surface area contributed by atoms with E-state index in [0.717, 1.165) is 82.7 Å². The van der Waals surface area contributed by atoms with Crippen LogP contribution in [0.1, 0.15) is 46.6 Å². The molecule has 14 aromatic rings. The van der Waals surface area contributed by atoms with Gasteiger partial charge in [-0.1, -0.05) is 60.7 Å². The van der Waals surface area contributed by atoms with Crippen LogP contribution in [-0.2, 0) is 0 Å². The van der Waals surface area contributed by atoms with E-state index in [0.29, 0.717) is 104 Å². The van der Waals surface area contributed by atoms with E-state index in [-0.39, 0.29) is 0 Å². The minimum atomic E-state index is 0.347. The summed E-state index contributed by atoms with van der Waals surface area (Å²) in [5, 5.41) is 3.66. The molecule has 17 nitrogen and oxygen atoms in total. The lowest BCUT2D eigenvalue weighted by molar-refractivity contribution is 0.928. The van der Waals surface area contributed by atoms with Crippen LogP contribution in [-0.4, -0.2) is 78.9 Å². The number of aryl methyl sites for hydroxylation is 8. The first-order chi connectivity index (χ1) is 40.8. The fraction of sp³-hybridized carbons (Fsp3) is 0.119. The lowest BCUT2D eigenvalue weighted by Crippen LogP contribution is -2.05. The van der Waals surface area contributed by atoms with E-state index < -0.39 is 0 Å². The number of rotatable bonds is 9. The van der Waals surface area contributed by atoms with Crippen molar-refractivity contribution in [2.75, 3.05) is 0 Å². The number of hydrogen-bond acceptors (Lipinski definition) is 14. The van der Waals surface area contributed by atoms with Crippen molar-refractivity contribution >= 4 is 49.3 Å². The molecule has 0 atom stereocenters. The van der Waals surface area contributed by atoms with Gasteiger partial charge in [-0.05, 0) is 146 Å². The molecule has 0 aliphatic rings. The van der Waals surface area contributed by atoms with Crippen LogP contribution < -0.4 is 0 Å². The first-order valence-electron chi connectivity index (χ1n) is 27.3. The van der Waals surface area contributed by atoms with Gasteiger partial charge in [-0.15, -0.1) is 0 Å². The Labute approximate surface area is 481 Å².